The third-order valence-electron chi connectivity index (χ3n) is 4.63. The summed E-state index contributed by atoms with van der Waals surface area (Å²) in [5, 5.41) is 13.5. The lowest BCUT2D eigenvalue weighted by Crippen LogP contribution is -2.27. The molecular weight excluding hydrogens is 358 g/mol. The van der Waals surface area contributed by atoms with E-state index in [2.05, 4.69) is 5.10 Å². The molecule has 1 N–H and O–H groups in total. The molecule has 1 amide bonds. The molecule has 7 heteroatoms. The highest BCUT2D eigenvalue weighted by Gasteiger charge is 2.22. The third-order valence-corrected chi connectivity index (χ3v) is 4.63. The van der Waals surface area contributed by atoms with Crippen molar-refractivity contribution in [2.45, 2.75) is 33.4 Å². The number of aromatic carboxylic acids is 1. The van der Waals surface area contributed by atoms with Gasteiger partial charge in [-0.3, -0.25) is 9.48 Å². The van der Waals surface area contributed by atoms with Crippen LogP contribution in [0.3, 0.4) is 0 Å². The number of aryl methyl sites for hydroxylation is 1. The van der Waals surface area contributed by atoms with E-state index in [1.807, 2.05) is 41.9 Å². The highest BCUT2D eigenvalue weighted by Crippen LogP contribution is 2.19. The number of aromatic nitrogens is 2. The van der Waals surface area contributed by atoms with Gasteiger partial charge in [0, 0.05) is 7.05 Å². The maximum Gasteiger partial charge on any atom is 0.339 e. The van der Waals surface area contributed by atoms with Crippen LogP contribution in [0.2, 0.25) is 0 Å². The Kier molecular flexibility index (Phi) is 5.63. The largest absolute Gasteiger partial charge is 0.478 e. The highest BCUT2D eigenvalue weighted by atomic mass is 16.4. The Morgan fingerprint density at radius 3 is 2.54 bits per heavy atom. The summed E-state index contributed by atoms with van der Waals surface area (Å²) in [6, 6.07) is 11.4. The fourth-order valence-corrected chi connectivity index (χ4v) is 3.20. The van der Waals surface area contributed by atoms with Crippen LogP contribution in [0.5, 0.6) is 0 Å². The van der Waals surface area contributed by atoms with Crippen LogP contribution in [-0.4, -0.2) is 38.7 Å². The first-order chi connectivity index (χ1) is 13.4. The lowest BCUT2D eigenvalue weighted by atomic mass is 10.1. The Balaban J connectivity index is 1.78. The van der Waals surface area contributed by atoms with Crippen LogP contribution in [0, 0.1) is 6.92 Å². The summed E-state index contributed by atoms with van der Waals surface area (Å²) in [5.74, 6) is -0.465. The number of hydrogen-bond acceptors (Lipinski definition) is 4. The molecule has 0 aliphatic carbocycles. The molecule has 3 rings (SSSR count). The number of rotatable bonds is 7. The fourth-order valence-electron chi connectivity index (χ4n) is 3.20. The van der Waals surface area contributed by atoms with Gasteiger partial charge in [0.1, 0.15) is 17.1 Å². The summed E-state index contributed by atoms with van der Waals surface area (Å²) < 4.78 is 7.32. The molecule has 0 unspecified atom stereocenters. The van der Waals surface area contributed by atoms with E-state index in [9.17, 15) is 9.59 Å². The number of nitrogens with zero attached hydrogens (tertiary/aromatic N) is 3. The first-order valence-corrected chi connectivity index (χ1v) is 9.07. The van der Waals surface area contributed by atoms with Gasteiger partial charge in [0.15, 0.2) is 0 Å². The van der Waals surface area contributed by atoms with Gasteiger partial charge in [0.2, 0.25) is 0 Å². The Morgan fingerprint density at radius 1 is 1.21 bits per heavy atom. The Labute approximate surface area is 163 Å². The molecule has 2 heterocycles. The second-order valence-electron chi connectivity index (χ2n) is 6.65. The maximum atomic E-state index is 12.9. The second-order valence-corrected chi connectivity index (χ2v) is 6.65. The zero-order valence-electron chi connectivity index (χ0n) is 16.2. The van der Waals surface area contributed by atoms with Crippen LogP contribution in [0.1, 0.15) is 50.4 Å². The molecule has 7 nitrogen and oxygen atoms in total. The number of furan rings is 1. The van der Waals surface area contributed by atoms with Gasteiger partial charge in [-0.15, -0.1) is 0 Å². The molecule has 28 heavy (non-hydrogen) atoms. The van der Waals surface area contributed by atoms with Crippen molar-refractivity contribution in [3.8, 4) is 0 Å². The predicted octanol–water partition coefficient (Wildman–Crippen LogP) is 3.37. The zero-order chi connectivity index (χ0) is 20.3. The van der Waals surface area contributed by atoms with Gasteiger partial charge in [-0.25, -0.2) is 4.79 Å². The van der Waals surface area contributed by atoms with Gasteiger partial charge < -0.3 is 14.4 Å². The molecule has 0 aliphatic rings. The van der Waals surface area contributed by atoms with E-state index in [1.54, 1.807) is 20.2 Å². The van der Waals surface area contributed by atoms with Crippen molar-refractivity contribution in [3.63, 3.8) is 0 Å². The molecule has 0 bridgehead atoms. The predicted molar refractivity (Wildman–Crippen MR) is 103 cm³/mol. The molecule has 146 valence electrons. The minimum absolute atomic E-state index is 0.112. The van der Waals surface area contributed by atoms with Gasteiger partial charge in [-0.2, -0.15) is 5.10 Å². The fraction of sp³-hybridized carbons (Fsp3) is 0.286. The summed E-state index contributed by atoms with van der Waals surface area (Å²) >= 11 is 0. The van der Waals surface area contributed by atoms with E-state index < -0.39 is 5.97 Å². The van der Waals surface area contributed by atoms with E-state index in [0.717, 1.165) is 11.3 Å². The number of carboxylic acid groups (broad SMARTS) is 1. The lowest BCUT2D eigenvalue weighted by molar-refractivity contribution is 0.0694. The van der Waals surface area contributed by atoms with Crippen molar-refractivity contribution in [1.82, 2.24) is 14.7 Å². The molecule has 0 fully saturated rings. The van der Waals surface area contributed by atoms with Gasteiger partial charge in [-0.05, 0) is 25.0 Å². The van der Waals surface area contributed by atoms with Gasteiger partial charge in [0.25, 0.3) is 5.91 Å². The van der Waals surface area contributed by atoms with Gasteiger partial charge in [-0.1, -0.05) is 37.3 Å². The molecule has 0 aliphatic heterocycles. The maximum absolute atomic E-state index is 12.9. The van der Waals surface area contributed by atoms with E-state index in [0.29, 0.717) is 30.0 Å². The standard InChI is InChI=1S/C21H23N3O4/c1-4-19-18(11-22-24(19)12-15-8-6-5-7-9-15)20(25)23(3)13-16-10-17(21(26)27)14(2)28-16/h5-11H,4,12-13H2,1-3H3,(H,26,27). The smallest absolute Gasteiger partial charge is 0.339 e. The zero-order valence-corrected chi connectivity index (χ0v) is 16.2. The summed E-state index contributed by atoms with van der Waals surface area (Å²) in [6.07, 6.45) is 2.27. The minimum atomic E-state index is -1.04. The monoisotopic (exact) mass is 381 g/mol. The van der Waals surface area contributed by atoms with Gasteiger partial charge >= 0.3 is 5.97 Å². The van der Waals surface area contributed by atoms with Crippen molar-refractivity contribution in [2.24, 2.45) is 0 Å². The number of carbonyl (C=O) groups is 2. The summed E-state index contributed by atoms with van der Waals surface area (Å²) in [7, 11) is 1.66. The minimum Gasteiger partial charge on any atom is -0.478 e. The van der Waals surface area contributed by atoms with Crippen molar-refractivity contribution < 1.29 is 19.1 Å². The third kappa shape index (κ3) is 3.98. The Bertz CT molecular complexity index is 989. The first-order valence-electron chi connectivity index (χ1n) is 9.07. The first kappa shape index (κ1) is 19.4. The highest BCUT2D eigenvalue weighted by molar-refractivity contribution is 5.95. The van der Waals surface area contributed by atoms with Crippen LogP contribution in [0.4, 0.5) is 0 Å². The van der Waals surface area contributed by atoms with Crippen molar-refractivity contribution in [2.75, 3.05) is 7.05 Å². The quantitative estimate of drug-likeness (QED) is 0.678. The molecule has 3 aromatic rings. The van der Waals surface area contributed by atoms with Gasteiger partial charge in [0.05, 0.1) is 30.5 Å². The molecule has 2 aromatic heterocycles. The summed E-state index contributed by atoms with van der Waals surface area (Å²) in [5.41, 5.74) is 2.63. The van der Waals surface area contributed by atoms with E-state index in [4.69, 9.17) is 9.52 Å². The van der Waals surface area contributed by atoms with Crippen molar-refractivity contribution >= 4 is 11.9 Å². The molecular formula is C21H23N3O4. The topological polar surface area (TPSA) is 88.6 Å². The van der Waals surface area contributed by atoms with Crippen LogP contribution >= 0.6 is 0 Å². The number of amides is 1. The molecule has 0 spiro atoms. The van der Waals surface area contributed by atoms with Crippen LogP contribution < -0.4 is 0 Å². The molecule has 1 aromatic carbocycles. The Morgan fingerprint density at radius 2 is 1.93 bits per heavy atom. The average Bonchev–Trinajstić information content (AvgIpc) is 3.24. The molecule has 0 saturated heterocycles. The van der Waals surface area contributed by atoms with E-state index >= 15 is 0 Å². The van der Waals surface area contributed by atoms with Crippen LogP contribution in [0.15, 0.2) is 47.0 Å². The average molecular weight is 381 g/mol. The number of hydrogen-bond donors (Lipinski definition) is 1. The molecule has 0 atom stereocenters. The summed E-state index contributed by atoms with van der Waals surface area (Å²) in [4.78, 5) is 25.6. The molecule has 0 saturated carbocycles. The Hall–Kier alpha value is -3.35. The number of benzene rings is 1. The number of carbonyl (C=O) groups excluding carboxylic acids is 1. The second kappa shape index (κ2) is 8.12. The van der Waals surface area contributed by atoms with E-state index in [-0.39, 0.29) is 18.0 Å². The summed E-state index contributed by atoms with van der Waals surface area (Å²) in [6.45, 7) is 4.36. The van der Waals surface area contributed by atoms with Crippen LogP contribution in [0.25, 0.3) is 0 Å². The SMILES string of the molecule is CCc1c(C(=O)N(C)Cc2cc(C(=O)O)c(C)o2)cnn1Cc1ccccc1. The molecule has 0 radical (unpaired) electrons. The van der Waals surface area contributed by atoms with E-state index in [1.165, 1.54) is 11.0 Å². The number of carboxylic acids is 1. The van der Waals surface area contributed by atoms with Crippen molar-refractivity contribution in [1.29, 1.82) is 0 Å². The van der Waals surface area contributed by atoms with Crippen LogP contribution in [-0.2, 0) is 19.5 Å². The van der Waals surface area contributed by atoms with Crippen molar-refractivity contribution in [3.05, 3.63) is 76.5 Å². The normalized spacial score (nSPS) is 10.8. The lowest BCUT2D eigenvalue weighted by Gasteiger charge is -2.16.